The Labute approximate surface area is 186 Å². The molecule has 0 radical (unpaired) electrons. The summed E-state index contributed by atoms with van der Waals surface area (Å²) in [6.07, 6.45) is 2.42. The fourth-order valence-corrected chi connectivity index (χ4v) is 3.71. The molecule has 9 heteroatoms. The number of aryl methyl sites for hydroxylation is 1. The van der Waals surface area contributed by atoms with Crippen LogP contribution >= 0.6 is 11.6 Å². The van der Waals surface area contributed by atoms with Crippen molar-refractivity contribution in [2.24, 2.45) is 0 Å². The predicted octanol–water partition coefficient (Wildman–Crippen LogP) is 3.72. The lowest BCUT2D eigenvalue weighted by atomic mass is 10.0. The van der Waals surface area contributed by atoms with E-state index >= 15 is 0 Å². The van der Waals surface area contributed by atoms with Crippen LogP contribution in [0.25, 0.3) is 0 Å². The van der Waals surface area contributed by atoms with Gasteiger partial charge in [-0.2, -0.15) is 0 Å². The lowest BCUT2D eigenvalue weighted by molar-refractivity contribution is 0.0737. The highest BCUT2D eigenvalue weighted by molar-refractivity contribution is 6.30. The summed E-state index contributed by atoms with van der Waals surface area (Å²) in [6.45, 7) is 6.87. The first-order valence-electron chi connectivity index (χ1n) is 10.4. The molecule has 0 atom stereocenters. The van der Waals surface area contributed by atoms with Crippen LogP contribution < -0.4 is 10.2 Å². The maximum atomic E-state index is 10.5. The number of benzene rings is 1. The number of aromatic nitrogens is 4. The number of hydrogen-bond donors (Lipinski definition) is 2. The van der Waals surface area contributed by atoms with Gasteiger partial charge < -0.3 is 19.7 Å². The maximum absolute atomic E-state index is 10.5. The van der Waals surface area contributed by atoms with Crippen LogP contribution in [-0.2, 0) is 12.0 Å². The van der Waals surface area contributed by atoms with Crippen molar-refractivity contribution in [3.8, 4) is 0 Å². The molecule has 0 bridgehead atoms. The van der Waals surface area contributed by atoms with Gasteiger partial charge in [0.25, 0.3) is 0 Å². The highest BCUT2D eigenvalue weighted by atomic mass is 35.5. The van der Waals surface area contributed by atoms with E-state index in [2.05, 4.69) is 25.4 Å². The molecule has 2 N–H and O–H groups in total. The van der Waals surface area contributed by atoms with Crippen molar-refractivity contribution in [3.05, 3.63) is 58.2 Å². The minimum Gasteiger partial charge on any atom is -0.408 e. The molecular formula is C22H27ClN6O2. The van der Waals surface area contributed by atoms with Crippen molar-refractivity contribution < 1.29 is 9.52 Å². The molecule has 1 aromatic carbocycles. The third-order valence-corrected chi connectivity index (χ3v) is 5.57. The summed E-state index contributed by atoms with van der Waals surface area (Å²) >= 11 is 6.00. The van der Waals surface area contributed by atoms with Crippen LogP contribution in [0.2, 0.25) is 5.02 Å². The van der Waals surface area contributed by atoms with Crippen LogP contribution in [-0.4, -0.2) is 44.4 Å². The third kappa shape index (κ3) is 5.51. The SMILES string of the molecule is Cc1nnc(N2CCC(Nc3nc(Cc4ccc(Cl)cc4)cc(C(C)(C)O)n3)CC2)o1. The van der Waals surface area contributed by atoms with E-state index in [1.54, 1.807) is 20.8 Å². The molecule has 1 saturated heterocycles. The lowest BCUT2D eigenvalue weighted by Crippen LogP contribution is -2.39. The van der Waals surface area contributed by atoms with E-state index in [0.29, 0.717) is 35.0 Å². The molecule has 0 spiro atoms. The van der Waals surface area contributed by atoms with Gasteiger partial charge in [-0.3, -0.25) is 0 Å². The van der Waals surface area contributed by atoms with Crippen LogP contribution in [0.5, 0.6) is 0 Å². The summed E-state index contributed by atoms with van der Waals surface area (Å²) in [5, 5.41) is 22.7. The van der Waals surface area contributed by atoms with Gasteiger partial charge in [0.2, 0.25) is 11.8 Å². The van der Waals surface area contributed by atoms with Gasteiger partial charge in [0.05, 0.1) is 11.4 Å². The number of anilines is 2. The molecule has 3 aromatic rings. The van der Waals surface area contributed by atoms with Crippen molar-refractivity contribution in [3.63, 3.8) is 0 Å². The van der Waals surface area contributed by atoms with Crippen LogP contribution in [0, 0.1) is 6.92 Å². The number of hydrogen-bond acceptors (Lipinski definition) is 8. The zero-order valence-corrected chi connectivity index (χ0v) is 18.7. The molecule has 1 fully saturated rings. The second-order valence-corrected chi connectivity index (χ2v) is 8.88. The Morgan fingerprint density at radius 3 is 2.48 bits per heavy atom. The summed E-state index contributed by atoms with van der Waals surface area (Å²) < 4.78 is 5.53. The van der Waals surface area contributed by atoms with E-state index in [1.807, 2.05) is 30.3 Å². The molecule has 0 aliphatic carbocycles. The molecular weight excluding hydrogens is 416 g/mol. The Morgan fingerprint density at radius 1 is 1.16 bits per heavy atom. The van der Waals surface area contributed by atoms with Crippen LogP contribution in [0.3, 0.4) is 0 Å². The monoisotopic (exact) mass is 442 g/mol. The second-order valence-electron chi connectivity index (χ2n) is 8.44. The number of aliphatic hydroxyl groups is 1. The Kier molecular flexibility index (Phi) is 6.11. The van der Waals surface area contributed by atoms with E-state index in [0.717, 1.165) is 37.2 Å². The smallest absolute Gasteiger partial charge is 0.318 e. The first-order chi connectivity index (χ1) is 14.8. The maximum Gasteiger partial charge on any atom is 0.318 e. The van der Waals surface area contributed by atoms with Crippen molar-refractivity contribution in [2.45, 2.75) is 51.7 Å². The minimum atomic E-state index is -1.06. The summed E-state index contributed by atoms with van der Waals surface area (Å²) in [5.74, 6) is 1.11. The number of halogens is 1. The summed E-state index contributed by atoms with van der Waals surface area (Å²) in [7, 11) is 0. The molecule has 31 heavy (non-hydrogen) atoms. The number of nitrogens with zero attached hydrogens (tertiary/aromatic N) is 5. The summed E-state index contributed by atoms with van der Waals surface area (Å²) in [4.78, 5) is 11.4. The Bertz CT molecular complexity index is 1020. The van der Waals surface area contributed by atoms with Crippen LogP contribution in [0.4, 0.5) is 12.0 Å². The van der Waals surface area contributed by atoms with E-state index in [4.69, 9.17) is 21.0 Å². The predicted molar refractivity (Wildman–Crippen MR) is 119 cm³/mol. The van der Waals surface area contributed by atoms with E-state index < -0.39 is 5.60 Å². The highest BCUT2D eigenvalue weighted by Gasteiger charge is 2.25. The fraction of sp³-hybridized carbons (Fsp3) is 0.455. The number of rotatable bonds is 6. The van der Waals surface area contributed by atoms with E-state index in [1.165, 1.54) is 0 Å². The fourth-order valence-electron chi connectivity index (χ4n) is 3.59. The van der Waals surface area contributed by atoms with Crippen molar-refractivity contribution in [1.29, 1.82) is 0 Å². The van der Waals surface area contributed by atoms with Crippen molar-refractivity contribution in [1.82, 2.24) is 20.2 Å². The van der Waals surface area contributed by atoms with Gasteiger partial charge in [-0.15, -0.1) is 5.10 Å². The molecule has 0 unspecified atom stereocenters. The Balaban J connectivity index is 1.47. The first kappa shape index (κ1) is 21.5. The quantitative estimate of drug-likeness (QED) is 0.595. The average molecular weight is 443 g/mol. The minimum absolute atomic E-state index is 0.223. The van der Waals surface area contributed by atoms with Gasteiger partial charge in [-0.25, -0.2) is 9.97 Å². The van der Waals surface area contributed by atoms with Gasteiger partial charge in [0, 0.05) is 37.5 Å². The Hall–Kier alpha value is -2.71. The molecule has 164 valence electrons. The van der Waals surface area contributed by atoms with Gasteiger partial charge in [0.15, 0.2) is 0 Å². The molecule has 4 rings (SSSR count). The van der Waals surface area contributed by atoms with Crippen molar-refractivity contribution >= 4 is 23.6 Å². The molecule has 3 heterocycles. The summed E-state index contributed by atoms with van der Waals surface area (Å²) in [6, 6.07) is 10.4. The summed E-state index contributed by atoms with van der Waals surface area (Å²) in [5.41, 5.74) is 1.47. The second kappa shape index (κ2) is 8.80. The van der Waals surface area contributed by atoms with E-state index in [9.17, 15) is 5.11 Å². The van der Waals surface area contributed by atoms with Crippen LogP contribution in [0.1, 0.15) is 49.5 Å². The normalized spacial score (nSPS) is 15.3. The van der Waals surface area contributed by atoms with Gasteiger partial charge in [-0.05, 0) is 50.5 Å². The highest BCUT2D eigenvalue weighted by Crippen LogP contribution is 2.24. The van der Waals surface area contributed by atoms with Gasteiger partial charge in [-0.1, -0.05) is 28.8 Å². The topological polar surface area (TPSA) is 100 Å². The Morgan fingerprint density at radius 2 is 1.87 bits per heavy atom. The molecule has 8 nitrogen and oxygen atoms in total. The lowest BCUT2D eigenvalue weighted by Gasteiger charge is -2.31. The largest absolute Gasteiger partial charge is 0.408 e. The zero-order valence-electron chi connectivity index (χ0n) is 18.0. The molecule has 1 aliphatic heterocycles. The van der Waals surface area contributed by atoms with Crippen LogP contribution in [0.15, 0.2) is 34.7 Å². The first-order valence-corrected chi connectivity index (χ1v) is 10.8. The zero-order chi connectivity index (χ0) is 22.0. The third-order valence-electron chi connectivity index (χ3n) is 5.32. The molecule has 1 aliphatic rings. The number of nitrogens with one attached hydrogen (secondary N) is 1. The van der Waals surface area contributed by atoms with E-state index in [-0.39, 0.29) is 6.04 Å². The van der Waals surface area contributed by atoms with Gasteiger partial charge in [0.1, 0.15) is 5.60 Å². The van der Waals surface area contributed by atoms with Gasteiger partial charge >= 0.3 is 6.01 Å². The molecule has 2 aromatic heterocycles. The number of piperidine rings is 1. The standard InChI is InChI=1S/C22H27ClN6O2/c1-14-27-28-21(31-14)29-10-8-17(9-11-29)24-20-25-18(13-19(26-20)22(2,3)30)12-15-4-6-16(23)7-5-15/h4-7,13,17,30H,8-12H2,1-3H3,(H,24,25,26). The van der Waals surface area contributed by atoms with Crippen molar-refractivity contribution in [2.75, 3.05) is 23.3 Å². The molecule has 0 saturated carbocycles. The average Bonchev–Trinajstić information content (AvgIpc) is 3.16. The molecule has 0 amide bonds.